The molecule has 3 heterocycles. The number of rotatable bonds is 5. The molecule has 1 aliphatic rings. The maximum atomic E-state index is 5.57. The van der Waals surface area contributed by atoms with E-state index >= 15 is 0 Å². The smallest absolute Gasteiger partial charge is 0.160 e. The summed E-state index contributed by atoms with van der Waals surface area (Å²) >= 11 is 0. The molecule has 1 unspecified atom stereocenters. The fourth-order valence-electron chi connectivity index (χ4n) is 7.84. The largest absolute Gasteiger partial charge is 0.312 e. The standard InChI is InChI=1S/C48H34N4/c1-31-14-8-12-22-42(31)52-43-23-13-11-21-38(43)44-45(51-46-37-20-10-9-15-32(37)28-29-39(46)47(44)52)35-26-24-34(25-27-35)41-30-40(33-16-4-2-5-17-33)49-48(50-41)36-18-6-3-7-19-36/h2-13,15-31H,14H2,1H3. The number of aromatic nitrogens is 4. The van der Waals surface area contributed by atoms with E-state index in [9.17, 15) is 0 Å². The minimum Gasteiger partial charge on any atom is -0.312 e. The molecule has 9 aromatic rings. The number of benzene rings is 6. The van der Waals surface area contributed by atoms with Crippen LogP contribution in [0.15, 0.2) is 170 Å². The first kappa shape index (κ1) is 30.2. The summed E-state index contributed by atoms with van der Waals surface area (Å²) in [5.41, 5.74) is 11.6. The average molecular weight is 667 g/mol. The van der Waals surface area contributed by atoms with Crippen LogP contribution in [0.25, 0.3) is 94.3 Å². The SMILES string of the molecule is CC1CC=CC=C1n1c2ccccc2c2c(-c3ccc(-c4cc(-c5ccccc5)nc(-c5ccccc5)n4)cc3)nc3c4ccccc4ccc3c21. The summed E-state index contributed by atoms with van der Waals surface area (Å²) in [5, 5.41) is 5.89. The van der Waals surface area contributed by atoms with Gasteiger partial charge in [0.1, 0.15) is 0 Å². The molecule has 0 saturated carbocycles. The predicted octanol–water partition coefficient (Wildman–Crippen LogP) is 12.4. The molecule has 10 rings (SSSR count). The van der Waals surface area contributed by atoms with Gasteiger partial charge in [0.05, 0.1) is 33.6 Å². The number of pyridine rings is 1. The van der Waals surface area contributed by atoms with Crippen LogP contribution in [0.5, 0.6) is 0 Å². The van der Waals surface area contributed by atoms with E-state index in [2.05, 4.69) is 145 Å². The Hall–Kier alpha value is -6.65. The van der Waals surface area contributed by atoms with Crippen molar-refractivity contribution in [1.29, 1.82) is 0 Å². The van der Waals surface area contributed by atoms with E-state index in [1.165, 1.54) is 32.9 Å². The molecule has 3 aromatic heterocycles. The quantitative estimate of drug-likeness (QED) is 0.172. The first-order valence-electron chi connectivity index (χ1n) is 17.9. The van der Waals surface area contributed by atoms with Crippen LogP contribution in [0.3, 0.4) is 0 Å². The molecular weight excluding hydrogens is 633 g/mol. The van der Waals surface area contributed by atoms with Gasteiger partial charge in [-0.1, -0.05) is 159 Å². The molecule has 0 radical (unpaired) electrons. The lowest BCUT2D eigenvalue weighted by Gasteiger charge is -2.21. The lowest BCUT2D eigenvalue weighted by molar-refractivity contribution is 0.725. The Bertz CT molecular complexity index is 2810. The van der Waals surface area contributed by atoms with Crippen molar-refractivity contribution in [3.8, 4) is 45.2 Å². The molecule has 1 aliphatic carbocycles. The van der Waals surface area contributed by atoms with Gasteiger partial charge >= 0.3 is 0 Å². The molecule has 1 atom stereocenters. The highest BCUT2D eigenvalue weighted by atomic mass is 15.0. The number of para-hydroxylation sites is 1. The minimum atomic E-state index is 0.379. The van der Waals surface area contributed by atoms with Gasteiger partial charge in [-0.05, 0) is 30.0 Å². The van der Waals surface area contributed by atoms with Crippen LogP contribution in [0.1, 0.15) is 13.3 Å². The lowest BCUT2D eigenvalue weighted by Crippen LogP contribution is -2.08. The van der Waals surface area contributed by atoms with Crippen molar-refractivity contribution in [2.45, 2.75) is 13.3 Å². The summed E-state index contributed by atoms with van der Waals surface area (Å²) < 4.78 is 2.51. The first-order chi connectivity index (χ1) is 25.7. The molecule has 0 fully saturated rings. The van der Waals surface area contributed by atoms with Gasteiger partial charge in [0, 0.05) is 55.4 Å². The van der Waals surface area contributed by atoms with Gasteiger partial charge in [0.25, 0.3) is 0 Å². The zero-order valence-corrected chi connectivity index (χ0v) is 28.7. The Morgan fingerprint density at radius 3 is 1.94 bits per heavy atom. The van der Waals surface area contributed by atoms with E-state index in [1.54, 1.807) is 0 Å². The Balaban J connectivity index is 1.21. The second-order valence-electron chi connectivity index (χ2n) is 13.6. The third-order valence-corrected chi connectivity index (χ3v) is 10.4. The molecule has 52 heavy (non-hydrogen) atoms. The molecule has 0 bridgehead atoms. The predicted molar refractivity (Wildman–Crippen MR) is 217 cm³/mol. The summed E-state index contributed by atoms with van der Waals surface area (Å²) in [6.07, 6.45) is 7.78. The summed E-state index contributed by atoms with van der Waals surface area (Å²) in [6.45, 7) is 2.33. The van der Waals surface area contributed by atoms with E-state index in [4.69, 9.17) is 15.0 Å². The monoisotopic (exact) mass is 666 g/mol. The summed E-state index contributed by atoms with van der Waals surface area (Å²) in [6, 6.07) is 53.3. The van der Waals surface area contributed by atoms with E-state index in [0.29, 0.717) is 11.7 Å². The van der Waals surface area contributed by atoms with Crippen LogP contribution in [-0.2, 0) is 0 Å². The van der Waals surface area contributed by atoms with Crippen molar-refractivity contribution in [2.24, 2.45) is 5.92 Å². The second kappa shape index (κ2) is 12.3. The Morgan fingerprint density at radius 1 is 0.558 bits per heavy atom. The molecular formula is C48H34N4. The highest BCUT2D eigenvalue weighted by molar-refractivity contribution is 6.25. The Kier molecular flexibility index (Phi) is 7.14. The highest BCUT2D eigenvalue weighted by Crippen LogP contribution is 2.44. The van der Waals surface area contributed by atoms with Crippen molar-refractivity contribution in [2.75, 3.05) is 0 Å². The Morgan fingerprint density at radius 2 is 1.19 bits per heavy atom. The van der Waals surface area contributed by atoms with Crippen LogP contribution in [0.2, 0.25) is 0 Å². The fraction of sp³-hybridized carbons (Fsp3) is 0.0625. The van der Waals surface area contributed by atoms with Gasteiger partial charge in [0.2, 0.25) is 0 Å². The van der Waals surface area contributed by atoms with Crippen molar-refractivity contribution >= 4 is 49.2 Å². The Labute approximate surface area is 302 Å². The van der Waals surface area contributed by atoms with Gasteiger partial charge in [-0.3, -0.25) is 0 Å². The molecule has 0 saturated heterocycles. The van der Waals surface area contributed by atoms with Crippen molar-refractivity contribution in [3.63, 3.8) is 0 Å². The van der Waals surface area contributed by atoms with Crippen molar-refractivity contribution in [3.05, 3.63) is 170 Å². The zero-order valence-electron chi connectivity index (χ0n) is 28.7. The summed E-state index contributed by atoms with van der Waals surface area (Å²) in [4.78, 5) is 15.7. The third-order valence-electron chi connectivity index (χ3n) is 10.4. The molecule has 246 valence electrons. The van der Waals surface area contributed by atoms with Gasteiger partial charge in [-0.25, -0.2) is 15.0 Å². The zero-order chi connectivity index (χ0) is 34.6. The topological polar surface area (TPSA) is 43.6 Å². The van der Waals surface area contributed by atoms with Crippen LogP contribution >= 0.6 is 0 Å². The first-order valence-corrected chi connectivity index (χ1v) is 17.9. The summed E-state index contributed by atoms with van der Waals surface area (Å²) in [7, 11) is 0. The molecule has 4 nitrogen and oxygen atoms in total. The van der Waals surface area contributed by atoms with E-state index in [0.717, 1.165) is 62.0 Å². The van der Waals surface area contributed by atoms with E-state index < -0.39 is 0 Å². The van der Waals surface area contributed by atoms with E-state index in [-0.39, 0.29) is 0 Å². The summed E-state index contributed by atoms with van der Waals surface area (Å²) in [5.74, 6) is 1.09. The number of hydrogen-bond donors (Lipinski definition) is 0. The number of nitrogens with zero attached hydrogens (tertiary/aromatic N) is 4. The van der Waals surface area contributed by atoms with Crippen LogP contribution in [-0.4, -0.2) is 19.5 Å². The van der Waals surface area contributed by atoms with Crippen molar-refractivity contribution < 1.29 is 0 Å². The molecule has 0 amide bonds. The highest BCUT2D eigenvalue weighted by Gasteiger charge is 2.24. The van der Waals surface area contributed by atoms with Crippen molar-refractivity contribution in [1.82, 2.24) is 19.5 Å². The fourth-order valence-corrected chi connectivity index (χ4v) is 7.84. The molecule has 4 heteroatoms. The molecule has 0 spiro atoms. The maximum Gasteiger partial charge on any atom is 0.160 e. The van der Waals surface area contributed by atoms with Gasteiger partial charge in [0.15, 0.2) is 5.82 Å². The average Bonchev–Trinajstić information content (AvgIpc) is 3.56. The molecule has 6 aromatic carbocycles. The van der Waals surface area contributed by atoms with Gasteiger partial charge < -0.3 is 4.57 Å². The number of hydrogen-bond acceptors (Lipinski definition) is 3. The van der Waals surface area contributed by atoms with Crippen LogP contribution < -0.4 is 0 Å². The molecule has 0 N–H and O–H groups in total. The molecule has 0 aliphatic heterocycles. The van der Waals surface area contributed by atoms with Crippen LogP contribution in [0.4, 0.5) is 0 Å². The normalized spacial score (nSPS) is 14.4. The number of fused-ring (bicyclic) bond motifs is 7. The van der Waals surface area contributed by atoms with E-state index in [1.807, 2.05) is 36.4 Å². The maximum absolute atomic E-state index is 5.57. The van der Waals surface area contributed by atoms with Gasteiger partial charge in [-0.2, -0.15) is 0 Å². The van der Waals surface area contributed by atoms with Crippen LogP contribution in [0, 0.1) is 5.92 Å². The lowest BCUT2D eigenvalue weighted by atomic mass is 9.97. The minimum absolute atomic E-state index is 0.379. The number of allylic oxidation sites excluding steroid dienone is 4. The second-order valence-corrected chi connectivity index (χ2v) is 13.6. The third kappa shape index (κ3) is 4.95. The van der Waals surface area contributed by atoms with Gasteiger partial charge in [-0.15, -0.1) is 0 Å².